The Morgan fingerprint density at radius 1 is 1.00 bits per heavy atom. The second kappa shape index (κ2) is 7.97. The van der Waals surface area contributed by atoms with Crippen LogP contribution in [0.4, 0.5) is 14.5 Å². The largest absolute Gasteiger partial charge is 0.369 e. The Kier molecular flexibility index (Phi) is 6.61. The van der Waals surface area contributed by atoms with Crippen LogP contribution < -0.4 is 4.90 Å². The highest BCUT2D eigenvalue weighted by atomic mass is 19.2. The van der Waals surface area contributed by atoms with Gasteiger partial charge in [0.15, 0.2) is 11.6 Å². The van der Waals surface area contributed by atoms with Crippen LogP contribution in [-0.4, -0.2) is 13.1 Å². The molecular weight excluding hydrogens is 270 g/mol. The molecule has 0 aliphatic rings. The van der Waals surface area contributed by atoms with E-state index < -0.39 is 11.6 Å². The maximum Gasteiger partial charge on any atom is 0.183 e. The SMILES string of the molecule is CC(C)CCN(CCC(C)C)c1ccc(C#N)c(F)c1F. The molecule has 0 fully saturated rings. The van der Waals surface area contributed by atoms with Gasteiger partial charge < -0.3 is 4.90 Å². The summed E-state index contributed by atoms with van der Waals surface area (Å²) in [5.41, 5.74) is 0.0109. The van der Waals surface area contributed by atoms with Crippen LogP contribution in [0.1, 0.15) is 46.1 Å². The minimum Gasteiger partial charge on any atom is -0.369 e. The molecule has 0 bridgehead atoms. The van der Waals surface area contributed by atoms with Crippen molar-refractivity contribution < 1.29 is 8.78 Å². The Morgan fingerprint density at radius 2 is 1.52 bits per heavy atom. The average molecular weight is 294 g/mol. The van der Waals surface area contributed by atoms with Gasteiger partial charge in [-0.3, -0.25) is 0 Å². The molecule has 21 heavy (non-hydrogen) atoms. The molecule has 0 heterocycles. The predicted octanol–water partition coefficient (Wildman–Crippen LogP) is 4.74. The van der Waals surface area contributed by atoms with Crippen molar-refractivity contribution in [3.63, 3.8) is 0 Å². The Balaban J connectivity index is 3.01. The van der Waals surface area contributed by atoms with Crippen LogP contribution in [0.3, 0.4) is 0 Å². The minimum absolute atomic E-state index is 0.246. The van der Waals surface area contributed by atoms with E-state index in [0.717, 1.165) is 12.8 Å². The van der Waals surface area contributed by atoms with Crippen LogP contribution in [0.15, 0.2) is 12.1 Å². The van der Waals surface area contributed by atoms with Crippen LogP contribution in [0.25, 0.3) is 0 Å². The van der Waals surface area contributed by atoms with Crippen molar-refractivity contribution in [2.24, 2.45) is 11.8 Å². The number of nitriles is 1. The van der Waals surface area contributed by atoms with Crippen LogP contribution >= 0.6 is 0 Å². The van der Waals surface area contributed by atoms with Crippen LogP contribution in [0.2, 0.25) is 0 Å². The van der Waals surface area contributed by atoms with Gasteiger partial charge in [0, 0.05) is 13.1 Å². The number of anilines is 1. The fourth-order valence-electron chi connectivity index (χ4n) is 2.05. The van der Waals surface area contributed by atoms with Crippen molar-refractivity contribution in [3.05, 3.63) is 29.3 Å². The molecule has 0 spiro atoms. The molecule has 0 atom stereocenters. The molecule has 0 amide bonds. The van der Waals surface area contributed by atoms with Gasteiger partial charge in [-0.1, -0.05) is 27.7 Å². The molecule has 4 heteroatoms. The standard InChI is InChI=1S/C17H24F2N2/c1-12(2)7-9-21(10-8-13(3)4)15-6-5-14(11-20)16(18)17(15)19/h5-6,12-13H,7-10H2,1-4H3. The number of hydrogen-bond donors (Lipinski definition) is 0. The first-order chi connectivity index (χ1) is 9.86. The van der Waals surface area contributed by atoms with Crippen LogP contribution in [0.5, 0.6) is 0 Å². The highest BCUT2D eigenvalue weighted by Crippen LogP contribution is 2.25. The molecule has 0 aromatic heterocycles. The van der Waals surface area contributed by atoms with E-state index in [1.807, 2.05) is 4.90 Å². The Bertz CT molecular complexity index is 492. The van der Waals surface area contributed by atoms with Gasteiger partial charge in [-0.2, -0.15) is 5.26 Å². The van der Waals surface area contributed by atoms with Crippen molar-refractivity contribution in [1.29, 1.82) is 5.26 Å². The lowest BCUT2D eigenvalue weighted by Gasteiger charge is -2.27. The fourth-order valence-corrected chi connectivity index (χ4v) is 2.05. The molecule has 0 unspecified atom stereocenters. The molecule has 1 aromatic carbocycles. The topological polar surface area (TPSA) is 27.0 Å². The predicted molar refractivity (Wildman–Crippen MR) is 82.2 cm³/mol. The molecule has 0 saturated carbocycles. The lowest BCUT2D eigenvalue weighted by atomic mass is 10.1. The first-order valence-electron chi connectivity index (χ1n) is 7.49. The molecule has 0 aliphatic carbocycles. The van der Waals surface area contributed by atoms with Crippen molar-refractivity contribution in [3.8, 4) is 6.07 Å². The lowest BCUT2D eigenvalue weighted by Crippen LogP contribution is -2.28. The number of nitrogens with zero attached hydrogens (tertiary/aromatic N) is 2. The summed E-state index contributed by atoms with van der Waals surface area (Å²) in [7, 11) is 0. The first-order valence-corrected chi connectivity index (χ1v) is 7.49. The summed E-state index contributed by atoms with van der Waals surface area (Å²) >= 11 is 0. The molecule has 0 aliphatic heterocycles. The smallest absolute Gasteiger partial charge is 0.183 e. The van der Waals surface area contributed by atoms with Crippen molar-refractivity contribution in [2.75, 3.05) is 18.0 Å². The molecule has 2 nitrogen and oxygen atoms in total. The zero-order valence-corrected chi connectivity index (χ0v) is 13.3. The van der Waals surface area contributed by atoms with Crippen LogP contribution in [-0.2, 0) is 0 Å². The maximum atomic E-state index is 14.2. The minimum atomic E-state index is -1.05. The Hall–Kier alpha value is -1.63. The van der Waals surface area contributed by atoms with Gasteiger partial charge in [0.25, 0.3) is 0 Å². The third-order valence-corrected chi connectivity index (χ3v) is 3.48. The van der Waals surface area contributed by atoms with E-state index in [1.54, 1.807) is 6.07 Å². The summed E-state index contributed by atoms with van der Waals surface area (Å²) < 4.78 is 28.0. The number of rotatable bonds is 7. The van der Waals surface area contributed by atoms with E-state index in [4.69, 9.17) is 5.26 Å². The van der Waals surface area contributed by atoms with Gasteiger partial charge in [0.2, 0.25) is 0 Å². The summed E-state index contributed by atoms with van der Waals surface area (Å²) in [6, 6.07) is 4.53. The molecule has 1 rings (SSSR count). The summed E-state index contributed by atoms with van der Waals surface area (Å²) in [6.45, 7) is 9.80. The summed E-state index contributed by atoms with van der Waals surface area (Å²) in [5, 5.41) is 8.75. The Morgan fingerprint density at radius 3 is 1.95 bits per heavy atom. The number of hydrogen-bond acceptors (Lipinski definition) is 2. The highest BCUT2D eigenvalue weighted by molar-refractivity contribution is 5.52. The lowest BCUT2D eigenvalue weighted by molar-refractivity contribution is 0.492. The van der Waals surface area contributed by atoms with E-state index in [1.165, 1.54) is 12.1 Å². The van der Waals surface area contributed by atoms with Crippen molar-refractivity contribution in [1.82, 2.24) is 0 Å². The van der Waals surface area contributed by atoms with E-state index in [9.17, 15) is 8.78 Å². The molecule has 1 aromatic rings. The van der Waals surface area contributed by atoms with Crippen LogP contribution in [0, 0.1) is 34.8 Å². The van der Waals surface area contributed by atoms with Gasteiger partial charge >= 0.3 is 0 Å². The summed E-state index contributed by atoms with van der Waals surface area (Å²) in [6.07, 6.45) is 1.83. The maximum absolute atomic E-state index is 14.2. The second-order valence-corrected chi connectivity index (χ2v) is 6.22. The van der Waals surface area contributed by atoms with Gasteiger partial charge in [0.1, 0.15) is 6.07 Å². The van der Waals surface area contributed by atoms with E-state index in [2.05, 4.69) is 27.7 Å². The highest BCUT2D eigenvalue weighted by Gasteiger charge is 2.18. The molecule has 0 saturated heterocycles. The average Bonchev–Trinajstić information content (AvgIpc) is 2.42. The Labute approximate surface area is 126 Å². The number of halogens is 2. The first kappa shape index (κ1) is 17.4. The zero-order valence-electron chi connectivity index (χ0n) is 13.3. The molecule has 116 valence electrons. The quantitative estimate of drug-likeness (QED) is 0.726. The fraction of sp³-hybridized carbons (Fsp3) is 0.588. The third-order valence-electron chi connectivity index (χ3n) is 3.48. The third kappa shape index (κ3) is 5.00. The van der Waals surface area contributed by atoms with E-state index in [-0.39, 0.29) is 11.3 Å². The summed E-state index contributed by atoms with van der Waals surface area (Å²) in [4.78, 5) is 1.89. The van der Waals surface area contributed by atoms with Crippen molar-refractivity contribution >= 4 is 5.69 Å². The molecule has 0 radical (unpaired) electrons. The van der Waals surface area contributed by atoms with Crippen molar-refractivity contribution in [2.45, 2.75) is 40.5 Å². The number of benzene rings is 1. The molecular formula is C17H24F2N2. The molecule has 0 N–H and O–H groups in total. The van der Waals surface area contributed by atoms with Gasteiger partial charge in [-0.05, 0) is 36.8 Å². The van der Waals surface area contributed by atoms with Gasteiger partial charge in [-0.15, -0.1) is 0 Å². The zero-order chi connectivity index (χ0) is 16.0. The van der Waals surface area contributed by atoms with E-state index in [0.29, 0.717) is 24.9 Å². The van der Waals surface area contributed by atoms with Gasteiger partial charge in [-0.25, -0.2) is 8.78 Å². The normalized spacial score (nSPS) is 11.0. The monoisotopic (exact) mass is 294 g/mol. The van der Waals surface area contributed by atoms with Gasteiger partial charge in [0.05, 0.1) is 11.3 Å². The second-order valence-electron chi connectivity index (χ2n) is 6.22. The van der Waals surface area contributed by atoms with E-state index >= 15 is 0 Å². The summed E-state index contributed by atoms with van der Waals surface area (Å²) in [5.74, 6) is -0.966.